The highest BCUT2D eigenvalue weighted by molar-refractivity contribution is 5.90. The predicted octanol–water partition coefficient (Wildman–Crippen LogP) is 3.84. The minimum absolute atomic E-state index is 0.0790. The van der Waals surface area contributed by atoms with Gasteiger partial charge in [0.05, 0.1) is 12.1 Å². The number of hydrogen-bond donors (Lipinski definition) is 1. The molecule has 3 aromatic rings. The zero-order valence-electron chi connectivity index (χ0n) is 15.7. The van der Waals surface area contributed by atoms with Crippen LogP contribution in [0.3, 0.4) is 0 Å². The van der Waals surface area contributed by atoms with Gasteiger partial charge in [0.15, 0.2) is 0 Å². The molecule has 0 atom stereocenters. The van der Waals surface area contributed by atoms with Gasteiger partial charge >= 0.3 is 0 Å². The minimum atomic E-state index is 0.0790. The lowest BCUT2D eigenvalue weighted by molar-refractivity contribution is 0.282. The molecule has 0 amide bonds. The molecule has 4 nitrogen and oxygen atoms in total. The number of benzene rings is 1. The second kappa shape index (κ2) is 6.71. The average Bonchev–Trinajstić information content (AvgIpc) is 2.94. The Morgan fingerprint density at radius 3 is 2.85 bits per heavy atom. The molecule has 134 valence electrons. The fraction of sp³-hybridized carbons (Fsp3) is 0.318. The summed E-state index contributed by atoms with van der Waals surface area (Å²) in [5.41, 5.74) is 8.32. The van der Waals surface area contributed by atoms with E-state index >= 15 is 0 Å². The number of rotatable bonds is 3. The van der Waals surface area contributed by atoms with Crippen molar-refractivity contribution in [3.63, 3.8) is 0 Å². The summed E-state index contributed by atoms with van der Waals surface area (Å²) in [6, 6.07) is 10.5. The van der Waals surface area contributed by atoms with E-state index in [1.54, 1.807) is 0 Å². The molecular formula is C22H25N3O. The van der Waals surface area contributed by atoms with Crippen LogP contribution in [-0.2, 0) is 19.6 Å². The van der Waals surface area contributed by atoms with Gasteiger partial charge in [-0.15, -0.1) is 0 Å². The molecule has 1 aliphatic rings. The van der Waals surface area contributed by atoms with E-state index in [9.17, 15) is 5.11 Å². The van der Waals surface area contributed by atoms with Crippen molar-refractivity contribution in [2.45, 2.75) is 33.4 Å². The molecule has 26 heavy (non-hydrogen) atoms. The summed E-state index contributed by atoms with van der Waals surface area (Å²) < 4.78 is 2.34. The third-order valence-electron chi connectivity index (χ3n) is 5.32. The number of aromatic nitrogens is 2. The van der Waals surface area contributed by atoms with Crippen LogP contribution < -0.4 is 0 Å². The van der Waals surface area contributed by atoms with Gasteiger partial charge in [-0.1, -0.05) is 12.1 Å². The van der Waals surface area contributed by atoms with Crippen LogP contribution in [0, 0.1) is 6.92 Å². The number of aliphatic hydroxyl groups excluding tert-OH is 1. The number of nitrogens with zero attached hydrogens (tertiary/aromatic N) is 3. The average molecular weight is 347 g/mol. The third kappa shape index (κ3) is 2.96. The van der Waals surface area contributed by atoms with Crippen molar-refractivity contribution in [3.05, 3.63) is 64.6 Å². The minimum Gasteiger partial charge on any atom is -0.392 e. The fourth-order valence-corrected chi connectivity index (χ4v) is 3.79. The Balaban J connectivity index is 1.89. The van der Waals surface area contributed by atoms with Crippen LogP contribution in [0.25, 0.3) is 22.7 Å². The summed E-state index contributed by atoms with van der Waals surface area (Å²) in [6.45, 7) is 6.24. The standard InChI is InChI=1S/C22H25N3O/c1-15(18-6-4-16(2)23-11-18)12-25-21-7-5-17(14-26)10-19(21)20-13-24(3)9-8-22(20)25/h4-7,10-12,26H,8-9,13-14H2,1-3H3/b15-12+. The molecule has 0 bridgehead atoms. The number of aliphatic hydroxyl groups is 1. The zero-order valence-corrected chi connectivity index (χ0v) is 15.7. The monoisotopic (exact) mass is 347 g/mol. The second-order valence-corrected chi connectivity index (χ2v) is 7.29. The van der Waals surface area contributed by atoms with Crippen LogP contribution in [0.1, 0.15) is 35.0 Å². The molecular weight excluding hydrogens is 322 g/mol. The van der Waals surface area contributed by atoms with E-state index in [2.05, 4.69) is 58.9 Å². The van der Waals surface area contributed by atoms with Gasteiger partial charge in [0.2, 0.25) is 0 Å². The molecule has 4 heteroatoms. The van der Waals surface area contributed by atoms with Gasteiger partial charge in [0.25, 0.3) is 0 Å². The maximum absolute atomic E-state index is 9.54. The topological polar surface area (TPSA) is 41.3 Å². The lowest BCUT2D eigenvalue weighted by atomic mass is 10.0. The van der Waals surface area contributed by atoms with E-state index in [-0.39, 0.29) is 6.61 Å². The Hall–Kier alpha value is -2.43. The Morgan fingerprint density at radius 1 is 1.27 bits per heavy atom. The van der Waals surface area contributed by atoms with Gasteiger partial charge in [0.1, 0.15) is 0 Å². The van der Waals surface area contributed by atoms with E-state index in [0.717, 1.165) is 36.3 Å². The Morgan fingerprint density at radius 2 is 2.12 bits per heavy atom. The predicted molar refractivity (Wildman–Crippen MR) is 107 cm³/mol. The molecule has 0 aliphatic carbocycles. The van der Waals surface area contributed by atoms with Gasteiger partial charge in [-0.25, -0.2) is 0 Å². The van der Waals surface area contributed by atoms with Crippen molar-refractivity contribution in [2.24, 2.45) is 0 Å². The van der Waals surface area contributed by atoms with E-state index < -0.39 is 0 Å². The number of allylic oxidation sites excluding steroid dienone is 1. The lowest BCUT2D eigenvalue weighted by Gasteiger charge is -2.23. The molecule has 2 aromatic heterocycles. The number of pyridine rings is 1. The zero-order chi connectivity index (χ0) is 18.3. The second-order valence-electron chi connectivity index (χ2n) is 7.29. The fourth-order valence-electron chi connectivity index (χ4n) is 3.79. The Labute approximate surface area is 154 Å². The van der Waals surface area contributed by atoms with Gasteiger partial charge in [-0.3, -0.25) is 4.98 Å². The van der Waals surface area contributed by atoms with Crippen molar-refractivity contribution in [3.8, 4) is 0 Å². The van der Waals surface area contributed by atoms with Crippen molar-refractivity contribution < 1.29 is 5.11 Å². The largest absolute Gasteiger partial charge is 0.392 e. The molecule has 0 unspecified atom stereocenters. The summed E-state index contributed by atoms with van der Waals surface area (Å²) in [7, 11) is 2.17. The first kappa shape index (κ1) is 17.0. The first-order valence-corrected chi connectivity index (χ1v) is 9.12. The lowest BCUT2D eigenvalue weighted by Crippen LogP contribution is -2.26. The summed E-state index contributed by atoms with van der Waals surface area (Å²) >= 11 is 0. The molecule has 0 saturated carbocycles. The molecule has 1 N–H and O–H groups in total. The Kier molecular flexibility index (Phi) is 4.39. The van der Waals surface area contributed by atoms with Crippen LogP contribution in [0.2, 0.25) is 0 Å². The molecule has 0 saturated heterocycles. The molecule has 1 aliphatic heterocycles. The SMILES string of the molecule is C/C(=C\n1c2c(c3cc(CO)ccc31)CN(C)CC2)c1ccc(C)nc1. The number of aryl methyl sites for hydroxylation is 1. The van der Waals surface area contributed by atoms with Crippen LogP contribution >= 0.6 is 0 Å². The van der Waals surface area contributed by atoms with E-state index in [1.165, 1.54) is 27.7 Å². The third-order valence-corrected chi connectivity index (χ3v) is 5.32. The van der Waals surface area contributed by atoms with Gasteiger partial charge in [-0.2, -0.15) is 0 Å². The van der Waals surface area contributed by atoms with Crippen molar-refractivity contribution in [1.82, 2.24) is 14.5 Å². The highest BCUT2D eigenvalue weighted by Gasteiger charge is 2.22. The van der Waals surface area contributed by atoms with Crippen LogP contribution in [-0.4, -0.2) is 33.1 Å². The highest BCUT2D eigenvalue weighted by Crippen LogP contribution is 2.32. The highest BCUT2D eigenvalue weighted by atomic mass is 16.3. The van der Waals surface area contributed by atoms with Crippen molar-refractivity contribution in [2.75, 3.05) is 13.6 Å². The molecule has 0 spiro atoms. The molecule has 0 radical (unpaired) electrons. The van der Waals surface area contributed by atoms with E-state index in [1.807, 2.05) is 19.2 Å². The number of likely N-dealkylation sites (N-methyl/N-ethyl adjacent to an activating group) is 1. The summed E-state index contributed by atoms with van der Waals surface area (Å²) in [5, 5.41) is 10.8. The van der Waals surface area contributed by atoms with Crippen LogP contribution in [0.15, 0.2) is 36.5 Å². The first-order chi connectivity index (χ1) is 12.6. The summed E-state index contributed by atoms with van der Waals surface area (Å²) in [6.07, 6.45) is 5.21. The van der Waals surface area contributed by atoms with Crippen molar-refractivity contribution in [1.29, 1.82) is 0 Å². The van der Waals surface area contributed by atoms with Gasteiger partial charge < -0.3 is 14.6 Å². The molecule has 0 fully saturated rings. The first-order valence-electron chi connectivity index (χ1n) is 9.12. The van der Waals surface area contributed by atoms with E-state index in [4.69, 9.17) is 0 Å². The quantitative estimate of drug-likeness (QED) is 0.782. The normalized spacial score (nSPS) is 15.5. The molecule has 1 aromatic carbocycles. The van der Waals surface area contributed by atoms with E-state index in [0.29, 0.717) is 0 Å². The van der Waals surface area contributed by atoms with Crippen LogP contribution in [0.4, 0.5) is 0 Å². The molecule has 4 rings (SSSR count). The smallest absolute Gasteiger partial charge is 0.0682 e. The number of fused-ring (bicyclic) bond motifs is 3. The maximum Gasteiger partial charge on any atom is 0.0682 e. The summed E-state index contributed by atoms with van der Waals surface area (Å²) in [4.78, 5) is 6.79. The number of hydrogen-bond acceptors (Lipinski definition) is 3. The van der Waals surface area contributed by atoms with Gasteiger partial charge in [0, 0.05) is 48.7 Å². The van der Waals surface area contributed by atoms with Crippen LogP contribution in [0.5, 0.6) is 0 Å². The van der Waals surface area contributed by atoms with Gasteiger partial charge in [-0.05, 0) is 61.4 Å². The Bertz CT molecular complexity index is 983. The van der Waals surface area contributed by atoms with Crippen molar-refractivity contribution >= 4 is 22.7 Å². The molecule has 3 heterocycles. The maximum atomic E-state index is 9.54. The summed E-state index contributed by atoms with van der Waals surface area (Å²) in [5.74, 6) is 0.